The smallest absolute Gasteiger partial charge is 0.251 e. The fourth-order valence-corrected chi connectivity index (χ4v) is 7.39. The van der Waals surface area contributed by atoms with Crippen LogP contribution in [-0.2, 0) is 10.0 Å². The van der Waals surface area contributed by atoms with E-state index in [0.717, 1.165) is 57.9 Å². The van der Waals surface area contributed by atoms with Crippen LogP contribution in [0.2, 0.25) is 0 Å². The molecule has 1 atom stereocenters. The van der Waals surface area contributed by atoms with Crippen LogP contribution in [0.5, 0.6) is 0 Å². The summed E-state index contributed by atoms with van der Waals surface area (Å²) in [6.07, 6.45) is 2.43. The van der Waals surface area contributed by atoms with Gasteiger partial charge in [0.25, 0.3) is 5.91 Å². The molecule has 4 heterocycles. The Balaban J connectivity index is 1.36. The third-order valence-electron chi connectivity index (χ3n) is 8.41. The predicted molar refractivity (Wildman–Crippen MR) is 179 cm³/mol. The van der Waals surface area contributed by atoms with Gasteiger partial charge in [-0.25, -0.2) is 18.4 Å². The summed E-state index contributed by atoms with van der Waals surface area (Å²) in [6.45, 7) is 14.3. The Morgan fingerprint density at radius 2 is 1.89 bits per heavy atom. The molecular formula is C31H41BrN8O3S. The zero-order valence-electron chi connectivity index (χ0n) is 25.9. The number of amides is 1. The summed E-state index contributed by atoms with van der Waals surface area (Å²) in [4.78, 5) is 27.8. The molecule has 4 aromatic rings. The van der Waals surface area contributed by atoms with Crippen molar-refractivity contribution in [3.63, 3.8) is 0 Å². The molecular weight excluding hydrogens is 644 g/mol. The lowest BCUT2D eigenvalue weighted by atomic mass is 10.2. The maximum Gasteiger partial charge on any atom is 0.251 e. The summed E-state index contributed by atoms with van der Waals surface area (Å²) >= 11 is 3.62. The van der Waals surface area contributed by atoms with E-state index in [1.807, 2.05) is 38.1 Å². The molecule has 13 heteroatoms. The van der Waals surface area contributed by atoms with Gasteiger partial charge >= 0.3 is 0 Å². The number of pyridine rings is 1. The van der Waals surface area contributed by atoms with Crippen molar-refractivity contribution in [3.05, 3.63) is 58.0 Å². The Labute approximate surface area is 267 Å². The number of hydrogen-bond acceptors (Lipinski definition) is 7. The summed E-state index contributed by atoms with van der Waals surface area (Å²) < 4.78 is 29.2. The van der Waals surface area contributed by atoms with E-state index in [0.29, 0.717) is 43.1 Å². The number of rotatable bonds is 12. The van der Waals surface area contributed by atoms with Crippen LogP contribution in [0.15, 0.2) is 41.0 Å². The molecule has 11 nitrogen and oxygen atoms in total. The Kier molecular flexibility index (Phi) is 9.78. The topological polar surface area (TPSA) is 128 Å². The highest BCUT2D eigenvalue weighted by molar-refractivity contribution is 9.10. The van der Waals surface area contributed by atoms with E-state index >= 15 is 0 Å². The van der Waals surface area contributed by atoms with Crippen LogP contribution in [0, 0.1) is 13.8 Å². The van der Waals surface area contributed by atoms with Gasteiger partial charge in [0.15, 0.2) is 5.65 Å². The number of anilines is 1. The van der Waals surface area contributed by atoms with Crippen molar-refractivity contribution < 1.29 is 13.2 Å². The van der Waals surface area contributed by atoms with Gasteiger partial charge in [0, 0.05) is 66.6 Å². The summed E-state index contributed by atoms with van der Waals surface area (Å²) in [5, 5.41) is 6.55. The highest BCUT2D eigenvalue weighted by Gasteiger charge is 2.31. The Morgan fingerprint density at radius 1 is 1.16 bits per heavy atom. The molecule has 0 unspecified atom stereocenters. The minimum absolute atomic E-state index is 0.0255. The van der Waals surface area contributed by atoms with E-state index in [1.54, 1.807) is 17.4 Å². The number of H-pyrrole nitrogens is 1. The zero-order valence-corrected chi connectivity index (χ0v) is 28.3. The number of fused-ring (bicyclic) bond motifs is 1. The first-order chi connectivity index (χ1) is 21.1. The first-order valence-electron chi connectivity index (χ1n) is 15.1. The average Bonchev–Trinajstić information content (AvgIpc) is 3.74. The summed E-state index contributed by atoms with van der Waals surface area (Å²) in [5.74, 6) is 0.717. The molecule has 3 N–H and O–H groups in total. The van der Waals surface area contributed by atoms with Gasteiger partial charge in [-0.2, -0.15) is 4.31 Å². The summed E-state index contributed by atoms with van der Waals surface area (Å²) in [5.41, 5.74) is 6.71. The molecule has 1 aliphatic heterocycles. The van der Waals surface area contributed by atoms with Gasteiger partial charge in [0.05, 0.1) is 15.9 Å². The number of benzene rings is 1. The molecule has 5 rings (SSSR count). The summed E-state index contributed by atoms with van der Waals surface area (Å²) in [6, 6.07) is 9.71. The molecule has 44 heavy (non-hydrogen) atoms. The monoisotopic (exact) mass is 684 g/mol. The van der Waals surface area contributed by atoms with E-state index in [-0.39, 0.29) is 17.7 Å². The molecule has 1 saturated heterocycles. The van der Waals surface area contributed by atoms with E-state index < -0.39 is 10.0 Å². The van der Waals surface area contributed by atoms with Crippen molar-refractivity contribution in [2.45, 2.75) is 47.1 Å². The standard InChI is InChI=1S/C31H41BrN8O3S/c1-6-38(7-2)16-14-33-31(41)22-9-11-24(12-10-22)40-20(4)17-25(21(40)5)29-36-28-27(26(32)18-34-30(28)37-29)35-23-13-15-39(19-23)44(42,43)8-3/h9-12,17-18,23H,6-8,13-16,19H2,1-5H3,(H,33,41)(H2,34,35,36,37)/t23-/m0/s1. The lowest BCUT2D eigenvalue weighted by molar-refractivity contribution is 0.0949. The summed E-state index contributed by atoms with van der Waals surface area (Å²) in [7, 11) is -3.23. The molecule has 1 amide bonds. The van der Waals surface area contributed by atoms with Gasteiger partial charge in [-0.3, -0.25) is 4.79 Å². The highest BCUT2D eigenvalue weighted by atomic mass is 79.9. The van der Waals surface area contributed by atoms with Crippen LogP contribution < -0.4 is 10.6 Å². The highest BCUT2D eigenvalue weighted by Crippen LogP contribution is 2.34. The number of aryl methyl sites for hydroxylation is 1. The number of aromatic nitrogens is 4. The minimum Gasteiger partial charge on any atom is -0.378 e. The number of nitrogens with zero attached hydrogens (tertiary/aromatic N) is 5. The molecule has 0 radical (unpaired) electrons. The number of carbonyl (C=O) groups is 1. The molecule has 0 aliphatic carbocycles. The van der Waals surface area contributed by atoms with Crippen molar-refractivity contribution in [1.29, 1.82) is 0 Å². The van der Waals surface area contributed by atoms with Crippen LogP contribution >= 0.6 is 15.9 Å². The predicted octanol–water partition coefficient (Wildman–Crippen LogP) is 4.70. The molecule has 0 saturated carbocycles. The molecule has 0 bridgehead atoms. The SMILES string of the molecule is CCN(CC)CCNC(=O)c1ccc(-n2c(C)cc(-c3nc4ncc(Br)c(N[C@H]5CCN(S(=O)(=O)CC)C5)c4[nH]3)c2C)cc1. The number of nitrogens with one attached hydrogen (secondary N) is 3. The average molecular weight is 686 g/mol. The third kappa shape index (κ3) is 6.56. The zero-order chi connectivity index (χ0) is 31.6. The number of sulfonamides is 1. The Morgan fingerprint density at radius 3 is 2.57 bits per heavy atom. The molecule has 0 spiro atoms. The molecule has 236 valence electrons. The van der Waals surface area contributed by atoms with Gasteiger partial charge in [-0.05, 0) is 86.5 Å². The Bertz CT molecular complexity index is 1750. The molecule has 1 fully saturated rings. The van der Waals surface area contributed by atoms with Crippen molar-refractivity contribution >= 4 is 48.7 Å². The van der Waals surface area contributed by atoms with E-state index in [2.05, 4.69) is 65.9 Å². The normalized spacial score (nSPS) is 15.8. The quantitative estimate of drug-likeness (QED) is 0.197. The van der Waals surface area contributed by atoms with E-state index in [1.165, 1.54) is 0 Å². The van der Waals surface area contributed by atoms with Crippen molar-refractivity contribution in [3.8, 4) is 17.1 Å². The van der Waals surface area contributed by atoms with E-state index in [4.69, 9.17) is 4.98 Å². The van der Waals surface area contributed by atoms with Gasteiger partial charge in [0.1, 0.15) is 11.3 Å². The number of aromatic amines is 1. The van der Waals surface area contributed by atoms with Gasteiger partial charge in [-0.15, -0.1) is 0 Å². The molecule has 3 aromatic heterocycles. The van der Waals surface area contributed by atoms with Crippen LogP contribution in [0.3, 0.4) is 0 Å². The van der Waals surface area contributed by atoms with Crippen LogP contribution in [0.25, 0.3) is 28.2 Å². The minimum atomic E-state index is -3.23. The first-order valence-corrected chi connectivity index (χ1v) is 17.5. The van der Waals surface area contributed by atoms with Gasteiger partial charge < -0.3 is 25.1 Å². The number of likely N-dealkylation sites (N-methyl/N-ethyl adjacent to an activating group) is 1. The second kappa shape index (κ2) is 13.4. The van der Waals surface area contributed by atoms with Crippen LogP contribution in [-0.4, -0.2) is 94.1 Å². The lowest BCUT2D eigenvalue weighted by Crippen LogP contribution is -2.34. The Hall–Kier alpha value is -3.26. The lowest BCUT2D eigenvalue weighted by Gasteiger charge is -2.18. The van der Waals surface area contributed by atoms with Crippen molar-refractivity contribution in [2.24, 2.45) is 0 Å². The number of carbonyl (C=O) groups excluding carboxylic acids is 1. The second-order valence-electron chi connectivity index (χ2n) is 11.1. The molecule has 1 aromatic carbocycles. The number of imidazole rings is 1. The van der Waals surface area contributed by atoms with E-state index in [9.17, 15) is 13.2 Å². The number of halogens is 1. The first kappa shape index (κ1) is 32.1. The fourth-order valence-electron chi connectivity index (χ4n) is 5.82. The number of hydrogen-bond donors (Lipinski definition) is 3. The van der Waals surface area contributed by atoms with Gasteiger partial charge in [0.2, 0.25) is 10.0 Å². The van der Waals surface area contributed by atoms with Crippen LogP contribution in [0.4, 0.5) is 5.69 Å². The fraction of sp³-hybridized carbons (Fsp3) is 0.452. The van der Waals surface area contributed by atoms with Crippen molar-refractivity contribution in [1.82, 2.24) is 34.0 Å². The van der Waals surface area contributed by atoms with Gasteiger partial charge in [-0.1, -0.05) is 13.8 Å². The largest absolute Gasteiger partial charge is 0.378 e. The second-order valence-corrected chi connectivity index (χ2v) is 14.2. The van der Waals surface area contributed by atoms with Crippen molar-refractivity contribution in [2.75, 3.05) is 50.3 Å². The third-order valence-corrected chi connectivity index (χ3v) is 10.9. The molecule has 1 aliphatic rings. The maximum atomic E-state index is 12.7. The van der Waals surface area contributed by atoms with Crippen LogP contribution in [0.1, 0.15) is 48.9 Å². The maximum absolute atomic E-state index is 12.7.